The number of thioether (sulfide) groups is 1. The van der Waals surface area contributed by atoms with Crippen molar-refractivity contribution >= 4 is 39.5 Å². The largest absolute Gasteiger partial charge is 0.496 e. The second-order valence-electron chi connectivity index (χ2n) is 5.37. The monoisotopic (exact) mass is 381 g/mol. The number of ether oxygens (including phenoxy) is 1. The van der Waals surface area contributed by atoms with Crippen LogP contribution < -0.4 is 4.74 Å². The first-order valence-electron chi connectivity index (χ1n) is 7.86. The Labute approximate surface area is 158 Å². The molecule has 0 spiro atoms. The summed E-state index contributed by atoms with van der Waals surface area (Å²) in [5.41, 5.74) is 3.11. The van der Waals surface area contributed by atoms with E-state index < -0.39 is 0 Å². The summed E-state index contributed by atoms with van der Waals surface area (Å²) in [6, 6.07) is 14.2. The molecule has 0 saturated carbocycles. The molecule has 0 aliphatic heterocycles. The summed E-state index contributed by atoms with van der Waals surface area (Å²) in [6.07, 6.45) is 4.75. The van der Waals surface area contributed by atoms with Crippen molar-refractivity contribution in [3.05, 3.63) is 66.2 Å². The van der Waals surface area contributed by atoms with Crippen LogP contribution >= 0.6 is 23.1 Å². The molecular weight excluding hydrogens is 366 g/mol. The summed E-state index contributed by atoms with van der Waals surface area (Å²) >= 11 is 3.42. The van der Waals surface area contributed by atoms with Gasteiger partial charge in [0.05, 0.1) is 23.5 Å². The van der Waals surface area contributed by atoms with E-state index in [1.165, 1.54) is 15.8 Å². The van der Waals surface area contributed by atoms with Crippen LogP contribution in [0.5, 0.6) is 5.75 Å². The summed E-state index contributed by atoms with van der Waals surface area (Å²) in [6.45, 7) is 0. The van der Waals surface area contributed by atoms with Gasteiger partial charge in [0.15, 0.2) is 4.34 Å². The fourth-order valence-electron chi connectivity index (χ4n) is 2.43. The Balaban J connectivity index is 1.53. The number of hydrogen-bond acceptors (Lipinski definition) is 7. The quantitative estimate of drug-likeness (QED) is 0.372. The number of hydrogen-bond donors (Lipinski definition) is 0. The van der Waals surface area contributed by atoms with Crippen LogP contribution in [0.15, 0.2) is 64.6 Å². The second kappa shape index (κ2) is 7.67. The number of nitrogens with zero attached hydrogens (tertiary/aromatic N) is 5. The minimum absolute atomic E-state index is 0.772. The van der Waals surface area contributed by atoms with Crippen molar-refractivity contribution in [3.63, 3.8) is 0 Å². The molecule has 2 aromatic carbocycles. The molecule has 4 aromatic rings. The third-order valence-corrected chi connectivity index (χ3v) is 5.89. The van der Waals surface area contributed by atoms with E-state index in [1.807, 2.05) is 30.3 Å². The van der Waals surface area contributed by atoms with Crippen LogP contribution in [-0.4, -0.2) is 33.2 Å². The lowest BCUT2D eigenvalue weighted by molar-refractivity contribution is 0.411. The number of fused-ring (bicyclic) bond motifs is 1. The maximum absolute atomic E-state index is 5.50. The summed E-state index contributed by atoms with van der Waals surface area (Å²) in [4.78, 5) is 9.96. The molecule has 0 unspecified atom stereocenters. The third-order valence-electron chi connectivity index (χ3n) is 3.66. The molecule has 2 aromatic heterocycles. The highest BCUT2D eigenvalue weighted by Crippen LogP contribution is 2.33. The van der Waals surface area contributed by atoms with Crippen LogP contribution in [0.2, 0.25) is 0 Å². The smallest absolute Gasteiger partial charge is 0.151 e. The molecular formula is C18H15N5OS2. The molecule has 0 saturated heterocycles. The van der Waals surface area contributed by atoms with E-state index in [1.54, 1.807) is 42.8 Å². The number of thiazole rings is 1. The molecule has 2 heterocycles. The van der Waals surface area contributed by atoms with Crippen molar-refractivity contribution in [1.82, 2.24) is 19.9 Å². The zero-order valence-electron chi connectivity index (χ0n) is 13.9. The highest BCUT2D eigenvalue weighted by molar-refractivity contribution is 8.00. The fourth-order valence-corrected chi connectivity index (χ4v) is 4.48. The average molecular weight is 381 g/mol. The topological polar surface area (TPSA) is 65.2 Å². The first-order chi connectivity index (χ1) is 12.8. The minimum Gasteiger partial charge on any atom is -0.496 e. The van der Waals surface area contributed by atoms with E-state index in [4.69, 9.17) is 4.74 Å². The normalized spacial score (nSPS) is 11.4. The molecule has 4 rings (SSSR count). The summed E-state index contributed by atoms with van der Waals surface area (Å²) in [5, 5.41) is 8.20. The van der Waals surface area contributed by atoms with Crippen LogP contribution in [0.3, 0.4) is 0 Å². The summed E-state index contributed by atoms with van der Waals surface area (Å²) < 4.78 is 7.75. The zero-order valence-corrected chi connectivity index (χ0v) is 15.6. The van der Waals surface area contributed by atoms with Gasteiger partial charge in [-0.25, -0.2) is 9.97 Å². The molecule has 130 valence electrons. The van der Waals surface area contributed by atoms with Gasteiger partial charge >= 0.3 is 0 Å². The molecule has 8 heteroatoms. The van der Waals surface area contributed by atoms with Crippen molar-refractivity contribution in [3.8, 4) is 5.75 Å². The van der Waals surface area contributed by atoms with Crippen molar-refractivity contribution in [2.24, 2.45) is 5.10 Å². The third kappa shape index (κ3) is 3.76. The molecule has 0 atom stereocenters. The first kappa shape index (κ1) is 16.7. The highest BCUT2D eigenvalue weighted by Gasteiger charge is 2.08. The van der Waals surface area contributed by atoms with Gasteiger partial charge in [0, 0.05) is 11.3 Å². The Bertz CT molecular complexity index is 1010. The highest BCUT2D eigenvalue weighted by atomic mass is 32.2. The molecule has 0 bridgehead atoms. The summed E-state index contributed by atoms with van der Waals surface area (Å²) in [7, 11) is 1.68. The number of aromatic nitrogens is 4. The fraction of sp³-hybridized carbons (Fsp3) is 0.111. The van der Waals surface area contributed by atoms with Gasteiger partial charge in [-0.15, -0.1) is 21.2 Å². The minimum atomic E-state index is 0.772. The van der Waals surface area contributed by atoms with E-state index in [-0.39, 0.29) is 0 Å². The Morgan fingerprint density at radius 3 is 3.00 bits per heavy atom. The molecule has 0 radical (unpaired) electrons. The number of benzene rings is 2. The zero-order chi connectivity index (χ0) is 17.8. The van der Waals surface area contributed by atoms with Crippen molar-refractivity contribution < 1.29 is 4.74 Å². The van der Waals surface area contributed by atoms with E-state index in [2.05, 4.69) is 32.3 Å². The van der Waals surface area contributed by atoms with Crippen molar-refractivity contribution in [2.45, 2.75) is 10.1 Å². The van der Waals surface area contributed by atoms with Crippen LogP contribution in [0, 0.1) is 0 Å². The van der Waals surface area contributed by atoms with Gasteiger partial charge in [-0.2, -0.15) is 5.10 Å². The van der Waals surface area contributed by atoms with E-state index in [0.29, 0.717) is 0 Å². The van der Waals surface area contributed by atoms with E-state index in [0.717, 1.165) is 32.5 Å². The molecule has 0 N–H and O–H groups in total. The predicted molar refractivity (Wildman–Crippen MR) is 105 cm³/mol. The van der Waals surface area contributed by atoms with Crippen LogP contribution in [-0.2, 0) is 5.75 Å². The van der Waals surface area contributed by atoms with E-state index in [9.17, 15) is 0 Å². The predicted octanol–water partition coefficient (Wildman–Crippen LogP) is 4.07. The number of para-hydroxylation sites is 1. The molecule has 0 amide bonds. The lowest BCUT2D eigenvalue weighted by Gasteiger charge is -2.08. The van der Waals surface area contributed by atoms with Crippen molar-refractivity contribution in [1.29, 1.82) is 0 Å². The Morgan fingerprint density at radius 1 is 1.27 bits per heavy atom. The van der Waals surface area contributed by atoms with Gasteiger partial charge in [-0.05, 0) is 35.9 Å². The van der Waals surface area contributed by atoms with Gasteiger partial charge in [0.1, 0.15) is 18.4 Å². The first-order valence-corrected chi connectivity index (χ1v) is 9.66. The standard InChI is InChI=1S/C18H15N5OS2/c1-24-16-7-6-13(9-20-23-12-19-11-21-23)8-14(16)10-25-18-22-15-4-2-3-5-17(15)26-18/h2-9,11-12H,10H2,1H3/b20-9+. The average Bonchev–Trinajstić information content (AvgIpc) is 3.33. The van der Waals surface area contributed by atoms with Crippen LogP contribution in [0.4, 0.5) is 0 Å². The number of rotatable bonds is 6. The summed E-state index contributed by atoms with van der Waals surface area (Å²) in [5.74, 6) is 1.63. The maximum Gasteiger partial charge on any atom is 0.151 e. The van der Waals surface area contributed by atoms with Gasteiger partial charge < -0.3 is 4.74 Å². The van der Waals surface area contributed by atoms with Gasteiger partial charge in [-0.1, -0.05) is 23.9 Å². The van der Waals surface area contributed by atoms with Crippen LogP contribution in [0.1, 0.15) is 11.1 Å². The second-order valence-corrected chi connectivity index (χ2v) is 7.62. The molecule has 6 nitrogen and oxygen atoms in total. The Hall–Kier alpha value is -2.71. The molecule has 0 aliphatic rings. The lowest BCUT2D eigenvalue weighted by Crippen LogP contribution is -1.95. The maximum atomic E-state index is 5.50. The SMILES string of the molecule is COc1ccc(/C=N/n2cncn2)cc1CSc1nc2ccccc2s1. The Kier molecular flexibility index (Phi) is 4.94. The van der Waals surface area contributed by atoms with Gasteiger partial charge in [-0.3, -0.25) is 0 Å². The van der Waals surface area contributed by atoms with Crippen molar-refractivity contribution in [2.75, 3.05) is 7.11 Å². The Morgan fingerprint density at radius 2 is 2.19 bits per heavy atom. The molecule has 0 fully saturated rings. The molecule has 26 heavy (non-hydrogen) atoms. The van der Waals surface area contributed by atoms with E-state index >= 15 is 0 Å². The van der Waals surface area contributed by atoms with Gasteiger partial charge in [0.2, 0.25) is 0 Å². The molecule has 0 aliphatic carbocycles. The van der Waals surface area contributed by atoms with Gasteiger partial charge in [0.25, 0.3) is 0 Å². The number of methoxy groups -OCH3 is 1. The van der Waals surface area contributed by atoms with Crippen LogP contribution in [0.25, 0.3) is 10.2 Å². The lowest BCUT2D eigenvalue weighted by atomic mass is 10.1.